The molecule has 2 fully saturated rings. The smallest absolute Gasteiger partial charge is 0.230 e. The van der Waals surface area contributed by atoms with E-state index in [0.717, 1.165) is 25.9 Å². The van der Waals surface area contributed by atoms with Crippen molar-refractivity contribution in [2.75, 3.05) is 32.8 Å². The maximum atomic E-state index is 13.1. The number of nitrogens with zero attached hydrogens (tertiary/aromatic N) is 1. The summed E-state index contributed by atoms with van der Waals surface area (Å²) >= 11 is 0. The van der Waals surface area contributed by atoms with Crippen LogP contribution in [-0.4, -0.2) is 54.8 Å². The first kappa shape index (κ1) is 16.5. The van der Waals surface area contributed by atoms with Crippen LogP contribution in [0.25, 0.3) is 0 Å². The lowest BCUT2D eigenvalue weighted by Gasteiger charge is -2.43. The highest BCUT2D eigenvalue weighted by atomic mass is 16.5. The van der Waals surface area contributed by atoms with Crippen LogP contribution in [0.5, 0.6) is 0 Å². The topological polar surface area (TPSA) is 74.9 Å². The average molecular weight is 322 g/mol. The van der Waals surface area contributed by atoms with Crippen molar-refractivity contribution in [3.63, 3.8) is 0 Å². The van der Waals surface area contributed by atoms with Crippen LogP contribution in [0, 0.1) is 5.41 Å². The van der Waals surface area contributed by atoms with Crippen LogP contribution >= 0.6 is 0 Å². The molecule has 1 amide bonds. The second-order valence-electron chi connectivity index (χ2n) is 6.84. The third-order valence-electron chi connectivity index (χ3n) is 4.97. The van der Waals surface area contributed by atoms with Crippen LogP contribution in [0.3, 0.4) is 0 Å². The number of hydrogen-bond donors (Lipinski definition) is 2. The van der Waals surface area contributed by atoms with Gasteiger partial charge in [-0.15, -0.1) is 0 Å². The van der Waals surface area contributed by atoms with Gasteiger partial charge < -0.3 is 24.5 Å². The van der Waals surface area contributed by atoms with E-state index in [1.807, 2.05) is 11.8 Å². The van der Waals surface area contributed by atoms with Crippen molar-refractivity contribution in [1.29, 1.82) is 0 Å². The number of amides is 1. The van der Waals surface area contributed by atoms with E-state index < -0.39 is 6.10 Å². The van der Waals surface area contributed by atoms with Crippen LogP contribution in [0.4, 0.5) is 0 Å². The summed E-state index contributed by atoms with van der Waals surface area (Å²) in [7, 11) is 0. The van der Waals surface area contributed by atoms with Gasteiger partial charge in [-0.2, -0.15) is 0 Å². The lowest BCUT2D eigenvalue weighted by Crippen LogP contribution is -2.57. The molecule has 6 heteroatoms. The molecule has 2 N–H and O–H groups in total. The van der Waals surface area contributed by atoms with Crippen molar-refractivity contribution >= 4 is 5.91 Å². The van der Waals surface area contributed by atoms with Gasteiger partial charge in [0.05, 0.1) is 30.9 Å². The summed E-state index contributed by atoms with van der Waals surface area (Å²) in [5.74, 6) is 0.707. The first-order valence-corrected chi connectivity index (χ1v) is 8.41. The van der Waals surface area contributed by atoms with Crippen molar-refractivity contribution in [2.45, 2.75) is 38.3 Å². The molecule has 0 bridgehead atoms. The summed E-state index contributed by atoms with van der Waals surface area (Å²) < 4.78 is 10.8. The first-order valence-electron chi connectivity index (χ1n) is 8.41. The van der Waals surface area contributed by atoms with Crippen LogP contribution in [-0.2, 0) is 9.53 Å². The number of aliphatic hydroxyl groups is 1. The molecule has 0 aliphatic carbocycles. The van der Waals surface area contributed by atoms with Crippen LogP contribution < -0.4 is 5.32 Å². The van der Waals surface area contributed by atoms with Crippen LogP contribution in [0.2, 0.25) is 0 Å². The molecule has 3 rings (SSSR count). The lowest BCUT2D eigenvalue weighted by atomic mass is 9.80. The molecule has 0 spiro atoms. The number of nitrogens with one attached hydrogen (secondary N) is 1. The SMILES string of the molecule is CC1(C(=O)N2CCOCC2CC(O)c2ccco2)CCCNC1. The molecule has 3 heterocycles. The minimum atomic E-state index is -0.718. The highest BCUT2D eigenvalue weighted by Gasteiger charge is 2.41. The molecular formula is C17H26N2O4. The largest absolute Gasteiger partial charge is 0.467 e. The van der Waals surface area contributed by atoms with Gasteiger partial charge in [0, 0.05) is 19.5 Å². The molecule has 3 unspecified atom stereocenters. The first-order chi connectivity index (χ1) is 11.1. The minimum absolute atomic E-state index is 0.116. The summed E-state index contributed by atoms with van der Waals surface area (Å²) in [6.07, 6.45) is 3.19. The van der Waals surface area contributed by atoms with E-state index in [9.17, 15) is 9.90 Å². The molecule has 128 valence electrons. The molecule has 2 aliphatic heterocycles. The summed E-state index contributed by atoms with van der Waals surface area (Å²) in [5.41, 5.74) is -0.358. The van der Waals surface area contributed by atoms with Gasteiger partial charge >= 0.3 is 0 Å². The van der Waals surface area contributed by atoms with Gasteiger partial charge in [-0.1, -0.05) is 0 Å². The Kier molecular flexibility index (Phi) is 5.04. The molecule has 0 saturated carbocycles. The Morgan fingerprint density at radius 2 is 2.48 bits per heavy atom. The van der Waals surface area contributed by atoms with Crippen molar-refractivity contribution in [1.82, 2.24) is 10.2 Å². The molecule has 1 aromatic heterocycles. The van der Waals surface area contributed by atoms with E-state index in [2.05, 4.69) is 5.32 Å². The lowest BCUT2D eigenvalue weighted by molar-refractivity contribution is -0.152. The summed E-state index contributed by atoms with van der Waals surface area (Å²) in [4.78, 5) is 15.0. The zero-order chi connectivity index (χ0) is 16.3. The number of furan rings is 1. The third-order valence-corrected chi connectivity index (χ3v) is 4.97. The van der Waals surface area contributed by atoms with E-state index in [1.54, 1.807) is 18.4 Å². The van der Waals surface area contributed by atoms with Gasteiger partial charge in [0.25, 0.3) is 0 Å². The highest BCUT2D eigenvalue weighted by molar-refractivity contribution is 5.83. The number of carbonyl (C=O) groups is 1. The van der Waals surface area contributed by atoms with Crippen molar-refractivity contribution in [3.05, 3.63) is 24.2 Å². The fraction of sp³-hybridized carbons (Fsp3) is 0.706. The second kappa shape index (κ2) is 7.03. The molecular weight excluding hydrogens is 296 g/mol. The standard InChI is InChI=1S/C17H26N2O4/c1-17(5-3-6-18-12-17)16(21)19-7-9-22-11-13(19)10-14(20)15-4-2-8-23-15/h2,4,8,13-14,18,20H,3,5-7,9-12H2,1H3. The fourth-order valence-electron chi connectivity index (χ4n) is 3.56. The quantitative estimate of drug-likeness (QED) is 0.874. The second-order valence-corrected chi connectivity index (χ2v) is 6.84. The molecule has 0 aromatic carbocycles. The maximum absolute atomic E-state index is 13.1. The number of ether oxygens (including phenoxy) is 1. The number of hydrogen-bond acceptors (Lipinski definition) is 5. The normalized spacial score (nSPS) is 30.2. The zero-order valence-electron chi connectivity index (χ0n) is 13.7. The van der Waals surface area contributed by atoms with Gasteiger partial charge in [0.2, 0.25) is 5.91 Å². The van der Waals surface area contributed by atoms with Crippen LogP contribution in [0.1, 0.15) is 38.1 Å². The van der Waals surface area contributed by atoms with Crippen molar-refractivity contribution in [3.8, 4) is 0 Å². The van der Waals surface area contributed by atoms with Gasteiger partial charge in [-0.05, 0) is 38.4 Å². The van der Waals surface area contributed by atoms with E-state index >= 15 is 0 Å². The summed E-state index contributed by atoms with van der Waals surface area (Å²) in [6.45, 7) is 5.35. The fourth-order valence-corrected chi connectivity index (χ4v) is 3.56. The Morgan fingerprint density at radius 3 is 3.17 bits per heavy atom. The Balaban J connectivity index is 1.69. The van der Waals surface area contributed by atoms with E-state index in [0.29, 0.717) is 31.9 Å². The van der Waals surface area contributed by atoms with Gasteiger partial charge in [0.15, 0.2) is 0 Å². The van der Waals surface area contributed by atoms with Gasteiger partial charge in [-0.25, -0.2) is 0 Å². The Bertz CT molecular complexity index is 511. The average Bonchev–Trinajstić information content (AvgIpc) is 3.10. The molecule has 1 aromatic rings. The van der Waals surface area contributed by atoms with E-state index in [1.165, 1.54) is 0 Å². The highest BCUT2D eigenvalue weighted by Crippen LogP contribution is 2.31. The monoisotopic (exact) mass is 322 g/mol. The number of piperidine rings is 1. The zero-order valence-corrected chi connectivity index (χ0v) is 13.7. The Hall–Kier alpha value is -1.37. The Labute approximate surface area is 136 Å². The molecule has 0 radical (unpaired) electrons. The molecule has 6 nitrogen and oxygen atoms in total. The number of aliphatic hydroxyl groups excluding tert-OH is 1. The molecule has 2 aliphatic rings. The van der Waals surface area contributed by atoms with E-state index in [-0.39, 0.29) is 17.4 Å². The van der Waals surface area contributed by atoms with Gasteiger partial charge in [0.1, 0.15) is 11.9 Å². The number of morpholine rings is 1. The molecule has 3 atom stereocenters. The molecule has 23 heavy (non-hydrogen) atoms. The predicted molar refractivity (Wildman–Crippen MR) is 84.8 cm³/mol. The third kappa shape index (κ3) is 3.59. The predicted octanol–water partition coefficient (Wildman–Crippen LogP) is 1.32. The van der Waals surface area contributed by atoms with Gasteiger partial charge in [-0.3, -0.25) is 4.79 Å². The number of rotatable bonds is 4. The maximum Gasteiger partial charge on any atom is 0.230 e. The van der Waals surface area contributed by atoms with Crippen molar-refractivity contribution in [2.24, 2.45) is 5.41 Å². The Morgan fingerprint density at radius 1 is 1.61 bits per heavy atom. The summed E-state index contributed by atoms with van der Waals surface area (Å²) in [5, 5.41) is 13.7. The summed E-state index contributed by atoms with van der Waals surface area (Å²) in [6, 6.07) is 3.40. The minimum Gasteiger partial charge on any atom is -0.467 e. The van der Waals surface area contributed by atoms with Crippen LogP contribution in [0.15, 0.2) is 22.8 Å². The molecule has 2 saturated heterocycles. The number of carbonyl (C=O) groups excluding carboxylic acids is 1. The van der Waals surface area contributed by atoms with E-state index in [4.69, 9.17) is 9.15 Å². The van der Waals surface area contributed by atoms with Crippen molar-refractivity contribution < 1.29 is 19.1 Å².